The molecule has 0 radical (unpaired) electrons. The highest BCUT2D eigenvalue weighted by Crippen LogP contribution is 2.31. The summed E-state index contributed by atoms with van der Waals surface area (Å²) in [6, 6.07) is 25.7. The lowest BCUT2D eigenvalue weighted by atomic mass is 9.98. The molecule has 1 amide bonds. The summed E-state index contributed by atoms with van der Waals surface area (Å²) in [6.07, 6.45) is 4.79. The summed E-state index contributed by atoms with van der Waals surface area (Å²) >= 11 is 1.24. The molecule has 0 bridgehead atoms. The van der Waals surface area contributed by atoms with Crippen molar-refractivity contribution in [3.05, 3.63) is 102 Å². The fraction of sp³-hybridized carbons (Fsp3) is 0.212. The van der Waals surface area contributed by atoms with Crippen LogP contribution in [0.15, 0.2) is 101 Å². The van der Waals surface area contributed by atoms with Gasteiger partial charge in [0.05, 0.1) is 12.1 Å². The second kappa shape index (κ2) is 12.1. The van der Waals surface area contributed by atoms with Gasteiger partial charge in [0, 0.05) is 22.7 Å². The van der Waals surface area contributed by atoms with E-state index in [2.05, 4.69) is 46.7 Å². The number of amides is 1. The Bertz CT molecular complexity index is 1740. The minimum Gasteiger partial charge on any atom is -0.491 e. The summed E-state index contributed by atoms with van der Waals surface area (Å²) in [5.41, 5.74) is 3.27. The van der Waals surface area contributed by atoms with E-state index < -0.39 is 5.91 Å². The van der Waals surface area contributed by atoms with Crippen LogP contribution >= 0.6 is 11.8 Å². The average molecular weight is 578 g/mol. The summed E-state index contributed by atoms with van der Waals surface area (Å²) in [4.78, 5) is 17.3. The second-order valence-electron chi connectivity index (χ2n) is 10.1. The summed E-state index contributed by atoms with van der Waals surface area (Å²) in [5.74, 6) is 1.60. The molecule has 4 aromatic rings. The molecular weight excluding hydrogens is 546 g/mol. The Morgan fingerprint density at radius 1 is 1.00 bits per heavy atom. The van der Waals surface area contributed by atoms with Crippen LogP contribution in [0.4, 0.5) is 0 Å². The lowest BCUT2D eigenvalue weighted by Gasteiger charge is -2.20. The number of nitrogens with zero attached hydrogens (tertiary/aromatic N) is 4. The molecule has 1 aromatic heterocycles. The first-order valence-electron chi connectivity index (χ1n) is 14.0. The van der Waals surface area contributed by atoms with E-state index in [1.54, 1.807) is 6.08 Å². The van der Waals surface area contributed by atoms with Gasteiger partial charge >= 0.3 is 0 Å². The van der Waals surface area contributed by atoms with Gasteiger partial charge in [-0.3, -0.25) is 10.2 Å². The van der Waals surface area contributed by atoms with Crippen molar-refractivity contribution in [1.82, 2.24) is 9.58 Å². The Labute approximate surface area is 248 Å². The number of benzene rings is 3. The molecule has 1 N–H and O–H groups in total. The van der Waals surface area contributed by atoms with Gasteiger partial charge in [0.1, 0.15) is 29.8 Å². The van der Waals surface area contributed by atoms with E-state index in [1.165, 1.54) is 22.3 Å². The molecule has 0 fully saturated rings. The van der Waals surface area contributed by atoms with Crippen LogP contribution in [0, 0.1) is 5.41 Å². The number of amidine groups is 2. The smallest absolute Gasteiger partial charge is 0.283 e. The number of carbonyl (C=O) groups is 1. The fourth-order valence-corrected chi connectivity index (χ4v) is 5.77. The number of para-hydroxylation sites is 3. The highest BCUT2D eigenvalue weighted by Gasteiger charge is 2.36. The van der Waals surface area contributed by atoms with Crippen LogP contribution in [0.5, 0.6) is 11.5 Å². The molecule has 42 heavy (non-hydrogen) atoms. The van der Waals surface area contributed by atoms with E-state index in [4.69, 9.17) is 14.9 Å². The largest absolute Gasteiger partial charge is 0.491 e. The number of hydrogen-bond donors (Lipinski definition) is 1. The van der Waals surface area contributed by atoms with Crippen LogP contribution in [0.2, 0.25) is 0 Å². The molecule has 6 rings (SSSR count). The van der Waals surface area contributed by atoms with E-state index in [-0.39, 0.29) is 18.0 Å². The SMILES string of the molecule is CC[C@H](C)c1ccccc1OCCn1cc(/C=C2/C(=N)N3N=C(COc4ccccc4)SC3=NC2=O)c2ccccc21. The van der Waals surface area contributed by atoms with Crippen molar-refractivity contribution in [2.24, 2.45) is 10.1 Å². The normalized spacial score (nSPS) is 16.4. The van der Waals surface area contributed by atoms with Crippen LogP contribution in [-0.2, 0) is 11.3 Å². The molecule has 0 spiro atoms. The van der Waals surface area contributed by atoms with Crippen LogP contribution in [0.25, 0.3) is 17.0 Å². The number of fused-ring (bicyclic) bond motifs is 2. The average Bonchev–Trinajstić information content (AvgIpc) is 3.59. The zero-order valence-electron chi connectivity index (χ0n) is 23.5. The van der Waals surface area contributed by atoms with Crippen LogP contribution in [-0.4, -0.2) is 44.7 Å². The number of aromatic nitrogens is 1. The molecule has 0 unspecified atom stereocenters. The van der Waals surface area contributed by atoms with Gasteiger partial charge in [-0.1, -0.05) is 68.4 Å². The topological polar surface area (TPSA) is 92.3 Å². The Hall–Kier alpha value is -4.63. The van der Waals surface area contributed by atoms with Gasteiger partial charge in [0.15, 0.2) is 5.84 Å². The number of aliphatic imine (C=N–C) groups is 1. The van der Waals surface area contributed by atoms with Gasteiger partial charge in [0.2, 0.25) is 5.17 Å². The molecule has 0 saturated carbocycles. The van der Waals surface area contributed by atoms with Crippen molar-refractivity contribution in [3.8, 4) is 11.5 Å². The van der Waals surface area contributed by atoms with Crippen molar-refractivity contribution in [2.75, 3.05) is 13.2 Å². The highest BCUT2D eigenvalue weighted by atomic mass is 32.2. The molecule has 1 atom stereocenters. The van der Waals surface area contributed by atoms with Crippen molar-refractivity contribution >= 4 is 50.7 Å². The number of thioether (sulfide) groups is 1. The van der Waals surface area contributed by atoms with Crippen molar-refractivity contribution in [2.45, 2.75) is 32.7 Å². The predicted octanol–water partition coefficient (Wildman–Crippen LogP) is 6.93. The molecule has 3 heterocycles. The Morgan fingerprint density at radius 2 is 1.76 bits per heavy atom. The second-order valence-corrected chi connectivity index (χ2v) is 11.1. The third-order valence-electron chi connectivity index (χ3n) is 7.37. The monoisotopic (exact) mass is 577 g/mol. The molecule has 2 aliphatic rings. The summed E-state index contributed by atoms with van der Waals surface area (Å²) < 4.78 is 14.2. The molecule has 0 saturated heterocycles. The first kappa shape index (κ1) is 27.5. The number of ether oxygens (including phenoxy) is 2. The van der Waals surface area contributed by atoms with Gasteiger partial charge in [-0.05, 0) is 60.0 Å². The van der Waals surface area contributed by atoms with Gasteiger partial charge in [-0.25, -0.2) is 0 Å². The highest BCUT2D eigenvalue weighted by molar-refractivity contribution is 8.27. The standard InChI is InChI=1S/C33H31N5O3S/c1-3-22(2)25-13-8-10-16-29(25)40-18-17-37-20-23(26-14-7-9-15-28(26)37)19-27-31(34)38-33(35-32(27)39)42-30(36-38)21-41-24-11-5-4-6-12-24/h4-16,19-20,22,34H,3,17-18,21H2,1-2H3/b27-19-,34-31?/t22-/m0/s1. The first-order chi connectivity index (χ1) is 20.5. The van der Waals surface area contributed by atoms with Gasteiger partial charge in [-0.2, -0.15) is 15.1 Å². The maximum atomic E-state index is 13.1. The number of hydrazone groups is 1. The molecule has 3 aromatic carbocycles. The molecule has 212 valence electrons. The zero-order valence-corrected chi connectivity index (χ0v) is 24.3. The maximum absolute atomic E-state index is 13.1. The fourth-order valence-electron chi connectivity index (χ4n) is 4.98. The van der Waals surface area contributed by atoms with Crippen LogP contribution < -0.4 is 9.47 Å². The third-order valence-corrected chi connectivity index (χ3v) is 8.26. The lowest BCUT2D eigenvalue weighted by Crippen LogP contribution is -2.35. The predicted molar refractivity (Wildman–Crippen MR) is 170 cm³/mol. The van der Waals surface area contributed by atoms with E-state index in [9.17, 15) is 4.79 Å². The number of hydrogen-bond acceptors (Lipinski definition) is 6. The minimum absolute atomic E-state index is 0.00553. The van der Waals surface area contributed by atoms with Crippen molar-refractivity contribution < 1.29 is 14.3 Å². The molecule has 8 nitrogen and oxygen atoms in total. The maximum Gasteiger partial charge on any atom is 0.283 e. The van der Waals surface area contributed by atoms with Gasteiger partial charge < -0.3 is 14.0 Å². The van der Waals surface area contributed by atoms with Gasteiger partial charge in [0.25, 0.3) is 5.91 Å². The first-order valence-corrected chi connectivity index (χ1v) is 14.8. The van der Waals surface area contributed by atoms with Gasteiger partial charge in [-0.15, -0.1) is 0 Å². The minimum atomic E-state index is -0.457. The molecular formula is C33H31N5O3S. The summed E-state index contributed by atoms with van der Waals surface area (Å²) in [6.45, 7) is 5.74. The van der Waals surface area contributed by atoms with Crippen LogP contribution in [0.1, 0.15) is 37.3 Å². The van der Waals surface area contributed by atoms with E-state index in [1.807, 2.05) is 66.9 Å². The Balaban J connectivity index is 1.21. The number of nitrogens with one attached hydrogen (secondary N) is 1. The van der Waals surface area contributed by atoms with Crippen LogP contribution in [0.3, 0.4) is 0 Å². The van der Waals surface area contributed by atoms with Crippen molar-refractivity contribution in [1.29, 1.82) is 5.41 Å². The molecule has 0 aliphatic carbocycles. The van der Waals surface area contributed by atoms with E-state index >= 15 is 0 Å². The Morgan fingerprint density at radius 3 is 2.60 bits per heavy atom. The number of carbonyl (C=O) groups excluding carboxylic acids is 1. The lowest BCUT2D eigenvalue weighted by molar-refractivity contribution is -0.114. The molecule has 2 aliphatic heterocycles. The summed E-state index contributed by atoms with van der Waals surface area (Å²) in [7, 11) is 0. The zero-order chi connectivity index (χ0) is 29.1. The number of rotatable bonds is 10. The third kappa shape index (κ3) is 5.60. The molecule has 9 heteroatoms. The van der Waals surface area contributed by atoms with E-state index in [0.29, 0.717) is 29.3 Å². The Kier molecular flexibility index (Phi) is 7.92. The quantitative estimate of drug-likeness (QED) is 0.206. The summed E-state index contributed by atoms with van der Waals surface area (Å²) in [5, 5.41) is 16.7. The van der Waals surface area contributed by atoms with E-state index in [0.717, 1.165) is 34.4 Å². The van der Waals surface area contributed by atoms with Crippen molar-refractivity contribution in [3.63, 3.8) is 0 Å².